The Morgan fingerprint density at radius 3 is 2.44 bits per heavy atom. The van der Waals surface area contributed by atoms with E-state index in [1.165, 1.54) is 0 Å². The Kier molecular flexibility index (Phi) is 5.91. The van der Waals surface area contributed by atoms with Gasteiger partial charge in [0.15, 0.2) is 0 Å². The van der Waals surface area contributed by atoms with Crippen molar-refractivity contribution in [1.82, 2.24) is 4.90 Å². The molecule has 0 aliphatic carbocycles. The molecule has 1 rings (SSSR count). The van der Waals surface area contributed by atoms with Gasteiger partial charge in [-0.25, -0.2) is 9.69 Å². The van der Waals surface area contributed by atoms with Crippen LogP contribution < -0.4 is 0 Å². The fraction of sp³-hybridized carbons (Fsp3) is 0.429. The van der Waals surface area contributed by atoms with Crippen molar-refractivity contribution < 1.29 is 14.7 Å². The van der Waals surface area contributed by atoms with Gasteiger partial charge in [0.1, 0.15) is 0 Å². The van der Waals surface area contributed by atoms with E-state index in [0.717, 1.165) is 23.3 Å². The van der Waals surface area contributed by atoms with Gasteiger partial charge < -0.3 is 5.11 Å². The first kappa shape index (κ1) is 14.2. The van der Waals surface area contributed by atoms with E-state index < -0.39 is 6.09 Å². The quantitative estimate of drug-likeness (QED) is 0.843. The maximum Gasteiger partial charge on any atom is 0.414 e. The maximum absolute atomic E-state index is 11.7. The number of imide groups is 1. The molecule has 1 aromatic carbocycles. The lowest BCUT2D eigenvalue weighted by molar-refractivity contribution is -0.129. The molecule has 1 aromatic rings. The summed E-state index contributed by atoms with van der Waals surface area (Å²) in [6.45, 7) is 2.20. The lowest BCUT2D eigenvalue weighted by atomic mass is 10.1. The lowest BCUT2D eigenvalue weighted by Crippen LogP contribution is -2.37. The van der Waals surface area contributed by atoms with Crippen molar-refractivity contribution in [1.29, 1.82) is 0 Å². The highest BCUT2D eigenvalue weighted by molar-refractivity contribution is 5.91. The summed E-state index contributed by atoms with van der Waals surface area (Å²) in [6, 6.07) is 9.57. The van der Waals surface area contributed by atoms with Crippen molar-refractivity contribution in [2.45, 2.75) is 32.6 Å². The zero-order valence-electron chi connectivity index (χ0n) is 10.6. The van der Waals surface area contributed by atoms with Crippen LogP contribution in [0.2, 0.25) is 0 Å². The highest BCUT2D eigenvalue weighted by Crippen LogP contribution is 2.05. The van der Waals surface area contributed by atoms with E-state index in [2.05, 4.69) is 0 Å². The zero-order chi connectivity index (χ0) is 13.4. The summed E-state index contributed by atoms with van der Waals surface area (Å²) < 4.78 is 0. The molecule has 0 aromatic heterocycles. The molecule has 0 saturated heterocycles. The smallest absolute Gasteiger partial charge is 0.414 e. The second-order valence-electron chi connectivity index (χ2n) is 4.17. The predicted octanol–water partition coefficient (Wildman–Crippen LogP) is 2.93. The topological polar surface area (TPSA) is 57.6 Å². The van der Waals surface area contributed by atoms with Crippen LogP contribution in [-0.2, 0) is 11.2 Å². The van der Waals surface area contributed by atoms with Crippen molar-refractivity contribution in [2.75, 3.05) is 6.54 Å². The van der Waals surface area contributed by atoms with Crippen molar-refractivity contribution in [3.63, 3.8) is 0 Å². The Balaban J connectivity index is 2.53. The first-order valence-electron chi connectivity index (χ1n) is 6.22. The summed E-state index contributed by atoms with van der Waals surface area (Å²) in [5.74, 6) is -0.305. The number of nitrogens with zero attached hydrogens (tertiary/aromatic N) is 1. The number of carboxylic acid groups (broad SMARTS) is 1. The molecule has 0 aliphatic heterocycles. The van der Waals surface area contributed by atoms with Gasteiger partial charge in [-0.2, -0.15) is 0 Å². The summed E-state index contributed by atoms with van der Waals surface area (Å²) in [7, 11) is 0. The summed E-state index contributed by atoms with van der Waals surface area (Å²) in [5.41, 5.74) is 1.03. The van der Waals surface area contributed by atoms with Gasteiger partial charge in [-0.15, -0.1) is 0 Å². The molecule has 0 heterocycles. The number of hydrogen-bond donors (Lipinski definition) is 1. The van der Waals surface area contributed by atoms with Crippen molar-refractivity contribution in [3.05, 3.63) is 35.9 Å². The summed E-state index contributed by atoms with van der Waals surface area (Å²) in [4.78, 5) is 23.7. The number of carbonyl (C=O) groups is 2. The maximum atomic E-state index is 11.7. The molecule has 2 amide bonds. The first-order valence-corrected chi connectivity index (χ1v) is 6.22. The van der Waals surface area contributed by atoms with Crippen LogP contribution in [0.25, 0.3) is 0 Å². The molecule has 0 fully saturated rings. The summed E-state index contributed by atoms with van der Waals surface area (Å²) in [6.07, 6.45) is 1.32. The van der Waals surface area contributed by atoms with E-state index in [0.29, 0.717) is 12.8 Å². The molecule has 0 spiro atoms. The lowest BCUT2D eigenvalue weighted by Gasteiger charge is -2.17. The fourth-order valence-electron chi connectivity index (χ4n) is 1.68. The number of hydrogen-bond acceptors (Lipinski definition) is 2. The molecule has 0 bridgehead atoms. The van der Waals surface area contributed by atoms with Crippen molar-refractivity contribution >= 4 is 12.0 Å². The number of carbonyl (C=O) groups excluding carboxylic acids is 1. The van der Waals surface area contributed by atoms with Gasteiger partial charge in [0.2, 0.25) is 5.91 Å². The molecule has 0 radical (unpaired) electrons. The number of amides is 2. The van der Waals surface area contributed by atoms with E-state index in [1.807, 2.05) is 37.3 Å². The monoisotopic (exact) mass is 249 g/mol. The third-order valence-corrected chi connectivity index (χ3v) is 2.74. The number of unbranched alkanes of at least 4 members (excludes halogenated alkanes) is 1. The minimum atomic E-state index is -1.16. The van der Waals surface area contributed by atoms with Crippen LogP contribution in [0.4, 0.5) is 4.79 Å². The molecule has 0 atom stereocenters. The second-order valence-corrected chi connectivity index (χ2v) is 4.17. The van der Waals surface area contributed by atoms with E-state index in [1.54, 1.807) is 0 Å². The molecule has 18 heavy (non-hydrogen) atoms. The zero-order valence-corrected chi connectivity index (χ0v) is 10.6. The minimum absolute atomic E-state index is 0.224. The van der Waals surface area contributed by atoms with Gasteiger partial charge in [-0.1, -0.05) is 43.7 Å². The standard InChI is InChI=1S/C14H19NO3/c1-2-3-9-13(16)15(14(17)18)11-10-12-7-5-4-6-8-12/h4-8H,2-3,9-11H2,1H3,(H,17,18). The third kappa shape index (κ3) is 4.57. The number of rotatable bonds is 6. The largest absolute Gasteiger partial charge is 0.465 e. The van der Waals surface area contributed by atoms with Crippen molar-refractivity contribution in [2.24, 2.45) is 0 Å². The SMILES string of the molecule is CCCCC(=O)N(CCc1ccccc1)C(=O)O. The first-order chi connectivity index (χ1) is 8.65. The van der Waals surface area contributed by atoms with Gasteiger partial charge in [-0.3, -0.25) is 4.79 Å². The minimum Gasteiger partial charge on any atom is -0.465 e. The molecule has 98 valence electrons. The van der Waals surface area contributed by atoms with Gasteiger partial charge in [0, 0.05) is 13.0 Å². The van der Waals surface area contributed by atoms with Gasteiger partial charge in [0.05, 0.1) is 0 Å². The highest BCUT2D eigenvalue weighted by Gasteiger charge is 2.19. The van der Waals surface area contributed by atoms with Crippen LogP contribution in [0.5, 0.6) is 0 Å². The van der Waals surface area contributed by atoms with Crippen LogP contribution in [0.1, 0.15) is 31.7 Å². The average Bonchev–Trinajstić information content (AvgIpc) is 2.37. The van der Waals surface area contributed by atoms with Crippen LogP contribution >= 0.6 is 0 Å². The van der Waals surface area contributed by atoms with Crippen LogP contribution in [-0.4, -0.2) is 28.6 Å². The van der Waals surface area contributed by atoms with E-state index in [4.69, 9.17) is 5.11 Å². The predicted molar refractivity (Wildman–Crippen MR) is 69.4 cm³/mol. The fourth-order valence-corrected chi connectivity index (χ4v) is 1.68. The van der Waals surface area contributed by atoms with E-state index in [-0.39, 0.29) is 12.5 Å². The third-order valence-electron chi connectivity index (χ3n) is 2.74. The highest BCUT2D eigenvalue weighted by atomic mass is 16.4. The van der Waals surface area contributed by atoms with Crippen LogP contribution in [0, 0.1) is 0 Å². The Bertz CT molecular complexity index is 389. The Morgan fingerprint density at radius 1 is 1.22 bits per heavy atom. The van der Waals surface area contributed by atoms with Crippen LogP contribution in [0.3, 0.4) is 0 Å². The summed E-state index contributed by atoms with van der Waals surface area (Å²) >= 11 is 0. The number of benzene rings is 1. The Morgan fingerprint density at radius 2 is 1.89 bits per heavy atom. The Labute approximate surface area is 107 Å². The molecule has 4 heteroatoms. The van der Waals surface area contributed by atoms with E-state index >= 15 is 0 Å². The van der Waals surface area contributed by atoms with Gasteiger partial charge >= 0.3 is 6.09 Å². The van der Waals surface area contributed by atoms with Gasteiger partial charge in [-0.05, 0) is 18.4 Å². The Hall–Kier alpha value is -1.84. The molecular formula is C14H19NO3. The van der Waals surface area contributed by atoms with Crippen LogP contribution in [0.15, 0.2) is 30.3 Å². The average molecular weight is 249 g/mol. The molecule has 0 aliphatic rings. The normalized spacial score (nSPS) is 10.1. The molecule has 4 nitrogen and oxygen atoms in total. The summed E-state index contributed by atoms with van der Waals surface area (Å²) in [5, 5.41) is 9.03. The van der Waals surface area contributed by atoms with Gasteiger partial charge in [0.25, 0.3) is 0 Å². The molecular weight excluding hydrogens is 230 g/mol. The second kappa shape index (κ2) is 7.48. The molecule has 0 saturated carbocycles. The van der Waals surface area contributed by atoms with Crippen molar-refractivity contribution in [3.8, 4) is 0 Å². The van der Waals surface area contributed by atoms with E-state index in [9.17, 15) is 9.59 Å². The molecule has 1 N–H and O–H groups in total. The molecule has 0 unspecified atom stereocenters.